The first-order chi connectivity index (χ1) is 20.5. The van der Waals surface area contributed by atoms with E-state index in [0.29, 0.717) is 23.9 Å². The topological polar surface area (TPSA) is 107 Å². The zero-order valence-electron chi connectivity index (χ0n) is 23.4. The summed E-state index contributed by atoms with van der Waals surface area (Å²) in [7, 11) is 0. The highest BCUT2D eigenvalue weighted by atomic mass is 32.2. The van der Waals surface area contributed by atoms with Gasteiger partial charge in [-0.1, -0.05) is 97.5 Å². The van der Waals surface area contributed by atoms with Gasteiger partial charge < -0.3 is 30.4 Å². The average Bonchev–Trinajstić information content (AvgIpc) is 3.04. The van der Waals surface area contributed by atoms with Crippen LogP contribution in [0.15, 0.2) is 108 Å². The molecule has 0 spiro atoms. The molecule has 218 valence electrons. The van der Waals surface area contributed by atoms with E-state index >= 15 is 0 Å². The van der Waals surface area contributed by atoms with Crippen LogP contribution in [0.1, 0.15) is 47.1 Å². The van der Waals surface area contributed by atoms with Crippen LogP contribution >= 0.6 is 11.8 Å². The van der Waals surface area contributed by atoms with Crippen molar-refractivity contribution in [3.63, 3.8) is 0 Å². The summed E-state index contributed by atoms with van der Waals surface area (Å²) in [5, 5.41) is 28.1. The third kappa shape index (κ3) is 7.68. The molecule has 1 aliphatic heterocycles. The molecular formula is C33H35N3O5S. The number of aliphatic hydroxyl groups excluding tert-OH is 1. The van der Waals surface area contributed by atoms with Gasteiger partial charge in [0.05, 0.1) is 18.8 Å². The van der Waals surface area contributed by atoms with E-state index in [0.717, 1.165) is 32.5 Å². The van der Waals surface area contributed by atoms with Crippen molar-refractivity contribution in [3.05, 3.63) is 136 Å². The SMILES string of the molecule is CC1C(CSc2cccc[n+]2[O-])OC(c2ccc(CNC(=O)NCc3ccccc3)cc2)OC1c1ccc(CO)cc1. The first kappa shape index (κ1) is 29.6. The fraction of sp³-hybridized carbons (Fsp3) is 0.273. The number of amides is 2. The zero-order valence-corrected chi connectivity index (χ0v) is 24.2. The lowest BCUT2D eigenvalue weighted by Gasteiger charge is -2.41. The third-order valence-corrected chi connectivity index (χ3v) is 8.42. The Bertz CT molecular complexity index is 1440. The van der Waals surface area contributed by atoms with Crippen LogP contribution in [0.4, 0.5) is 4.79 Å². The molecule has 42 heavy (non-hydrogen) atoms. The maximum atomic E-state index is 12.3. The number of ether oxygens (including phenoxy) is 2. The van der Waals surface area contributed by atoms with E-state index in [1.807, 2.05) is 84.9 Å². The molecule has 1 aliphatic rings. The van der Waals surface area contributed by atoms with Gasteiger partial charge in [0.15, 0.2) is 12.5 Å². The molecule has 0 radical (unpaired) electrons. The number of carbonyl (C=O) groups is 1. The summed E-state index contributed by atoms with van der Waals surface area (Å²) in [6.07, 6.45) is 0.451. The fourth-order valence-electron chi connectivity index (χ4n) is 4.82. The third-order valence-electron chi connectivity index (χ3n) is 7.31. The largest absolute Gasteiger partial charge is 0.618 e. The standard InChI is InChI=1S/C33H35N3O5S/c1-23-29(22-42-30-9-5-6-18-36(30)39)40-32(41-31(23)27-14-12-26(21-37)13-15-27)28-16-10-25(11-17-28)20-35-33(38)34-19-24-7-3-2-4-8-24/h2-18,23,29,31-32,37H,19-22H2,1H3,(H2,34,35,38). The monoisotopic (exact) mass is 585 g/mol. The summed E-state index contributed by atoms with van der Waals surface area (Å²) in [5.74, 6) is 0.592. The second-order valence-electron chi connectivity index (χ2n) is 10.3. The second-order valence-corrected chi connectivity index (χ2v) is 11.3. The summed E-state index contributed by atoms with van der Waals surface area (Å²) in [6.45, 7) is 2.92. The molecule has 0 aliphatic carbocycles. The van der Waals surface area contributed by atoms with Crippen LogP contribution in [0.3, 0.4) is 0 Å². The molecule has 4 atom stereocenters. The van der Waals surface area contributed by atoms with Gasteiger partial charge >= 0.3 is 6.03 Å². The Morgan fingerprint density at radius 1 is 0.833 bits per heavy atom. The van der Waals surface area contributed by atoms with Crippen molar-refractivity contribution >= 4 is 17.8 Å². The van der Waals surface area contributed by atoms with Crippen molar-refractivity contribution in [3.8, 4) is 0 Å². The van der Waals surface area contributed by atoms with Crippen molar-refractivity contribution in [2.24, 2.45) is 5.92 Å². The van der Waals surface area contributed by atoms with Crippen LogP contribution in [0.2, 0.25) is 0 Å². The lowest BCUT2D eigenvalue weighted by Crippen LogP contribution is -2.39. The molecule has 4 aromatic rings. The van der Waals surface area contributed by atoms with Crippen LogP contribution in [0.25, 0.3) is 0 Å². The number of benzene rings is 3. The second kappa shape index (κ2) is 14.3. The highest BCUT2D eigenvalue weighted by Gasteiger charge is 2.38. The summed E-state index contributed by atoms with van der Waals surface area (Å²) < 4.78 is 13.9. The molecule has 2 heterocycles. The van der Waals surface area contributed by atoms with Crippen molar-refractivity contribution in [2.45, 2.75) is 50.1 Å². The minimum absolute atomic E-state index is 0.00964. The summed E-state index contributed by atoms with van der Waals surface area (Å²) >= 11 is 1.46. The molecule has 0 saturated carbocycles. The molecule has 5 rings (SSSR count). The van der Waals surface area contributed by atoms with E-state index < -0.39 is 6.29 Å². The van der Waals surface area contributed by atoms with Gasteiger partial charge in [0, 0.05) is 42.5 Å². The number of nitrogens with one attached hydrogen (secondary N) is 2. The maximum Gasteiger partial charge on any atom is 0.315 e. The lowest BCUT2D eigenvalue weighted by atomic mass is 9.91. The summed E-state index contributed by atoms with van der Waals surface area (Å²) in [5.41, 5.74) is 4.69. The number of hydrogen-bond donors (Lipinski definition) is 3. The van der Waals surface area contributed by atoms with Crippen molar-refractivity contribution in [1.82, 2.24) is 10.6 Å². The minimum Gasteiger partial charge on any atom is -0.618 e. The molecule has 9 heteroatoms. The van der Waals surface area contributed by atoms with Gasteiger partial charge in [-0.3, -0.25) is 0 Å². The Morgan fingerprint density at radius 3 is 2.12 bits per heavy atom. The van der Waals surface area contributed by atoms with Gasteiger partial charge in [-0.25, -0.2) is 4.79 Å². The normalized spacial score (nSPS) is 20.1. The molecule has 4 unspecified atom stereocenters. The van der Waals surface area contributed by atoms with Crippen LogP contribution in [-0.2, 0) is 29.2 Å². The van der Waals surface area contributed by atoms with E-state index in [-0.39, 0.29) is 30.8 Å². The van der Waals surface area contributed by atoms with Crippen molar-refractivity contribution in [2.75, 3.05) is 5.75 Å². The smallest absolute Gasteiger partial charge is 0.315 e. The van der Waals surface area contributed by atoms with Gasteiger partial charge in [-0.2, -0.15) is 4.73 Å². The predicted octanol–water partition coefficient (Wildman–Crippen LogP) is 5.40. The number of thioether (sulfide) groups is 1. The molecule has 0 bridgehead atoms. The van der Waals surface area contributed by atoms with E-state index in [2.05, 4.69) is 17.6 Å². The Morgan fingerprint density at radius 2 is 1.45 bits per heavy atom. The lowest BCUT2D eigenvalue weighted by molar-refractivity contribution is -0.645. The van der Waals surface area contributed by atoms with Crippen molar-refractivity contribution < 1.29 is 24.1 Å². The van der Waals surface area contributed by atoms with E-state index in [1.54, 1.807) is 12.1 Å². The highest BCUT2D eigenvalue weighted by Crippen LogP contribution is 2.42. The van der Waals surface area contributed by atoms with Crippen LogP contribution < -0.4 is 15.4 Å². The Balaban J connectivity index is 1.25. The van der Waals surface area contributed by atoms with Gasteiger partial charge in [-0.15, -0.1) is 0 Å². The molecular weight excluding hydrogens is 550 g/mol. The molecule has 1 saturated heterocycles. The van der Waals surface area contributed by atoms with Gasteiger partial charge in [0.25, 0.3) is 5.03 Å². The average molecular weight is 586 g/mol. The molecule has 8 nitrogen and oxygen atoms in total. The highest BCUT2D eigenvalue weighted by molar-refractivity contribution is 7.99. The number of rotatable bonds is 10. The molecule has 3 aromatic carbocycles. The maximum absolute atomic E-state index is 12.3. The fourth-order valence-corrected chi connectivity index (χ4v) is 5.90. The zero-order chi connectivity index (χ0) is 29.3. The van der Waals surface area contributed by atoms with E-state index in [4.69, 9.17) is 9.47 Å². The quantitative estimate of drug-likeness (QED) is 0.131. The first-order valence-electron chi connectivity index (χ1n) is 14.0. The molecule has 1 aromatic heterocycles. The number of aromatic nitrogens is 1. The van der Waals surface area contributed by atoms with Gasteiger partial charge in [0.1, 0.15) is 0 Å². The predicted molar refractivity (Wildman–Crippen MR) is 161 cm³/mol. The van der Waals surface area contributed by atoms with Crippen LogP contribution in [0.5, 0.6) is 0 Å². The Labute approximate surface area is 250 Å². The van der Waals surface area contributed by atoms with Gasteiger partial charge in [0.2, 0.25) is 0 Å². The number of hydrogen-bond acceptors (Lipinski definition) is 6. The Kier molecular flexibility index (Phi) is 10.1. The number of urea groups is 1. The van der Waals surface area contributed by atoms with E-state index in [1.165, 1.54) is 18.0 Å². The molecule has 3 N–H and O–H groups in total. The molecule has 2 amide bonds. The number of pyridine rings is 1. The summed E-state index contributed by atoms with van der Waals surface area (Å²) in [6, 6.07) is 30.5. The first-order valence-corrected chi connectivity index (χ1v) is 14.9. The van der Waals surface area contributed by atoms with Crippen molar-refractivity contribution in [1.29, 1.82) is 0 Å². The van der Waals surface area contributed by atoms with E-state index in [9.17, 15) is 15.1 Å². The number of aliphatic hydroxyl groups is 1. The summed E-state index contributed by atoms with van der Waals surface area (Å²) in [4.78, 5) is 12.3. The Hall–Kier alpha value is -3.89. The van der Waals surface area contributed by atoms with Crippen LogP contribution in [0, 0.1) is 11.1 Å². The number of nitrogens with zero attached hydrogens (tertiary/aromatic N) is 1. The molecule has 1 fully saturated rings. The van der Waals surface area contributed by atoms with Crippen LogP contribution in [-0.4, -0.2) is 23.0 Å². The number of carbonyl (C=O) groups excluding carboxylic acids is 1. The minimum atomic E-state index is -0.611. The van der Waals surface area contributed by atoms with Gasteiger partial charge in [-0.05, 0) is 28.3 Å².